The van der Waals surface area contributed by atoms with Crippen molar-refractivity contribution in [1.29, 1.82) is 5.26 Å². The Bertz CT molecular complexity index is 607. The van der Waals surface area contributed by atoms with E-state index in [1.54, 1.807) is 11.8 Å². The number of hydrogen-bond donors (Lipinski definition) is 1. The molecule has 0 aliphatic heterocycles. The summed E-state index contributed by atoms with van der Waals surface area (Å²) in [7, 11) is 0. The molecule has 3 nitrogen and oxygen atoms in total. The van der Waals surface area contributed by atoms with Gasteiger partial charge >= 0.3 is 0 Å². The molecule has 4 heteroatoms. The molecule has 20 heavy (non-hydrogen) atoms. The SMILES string of the molecule is CSc1ccccc1NCc1ccccc1OCC#N. The van der Waals surface area contributed by atoms with Crippen LogP contribution in [0.1, 0.15) is 5.56 Å². The molecular weight excluding hydrogens is 268 g/mol. The Balaban J connectivity index is 2.09. The van der Waals surface area contributed by atoms with Crippen LogP contribution in [-0.2, 0) is 6.54 Å². The fraction of sp³-hybridized carbons (Fsp3) is 0.188. The number of nitrogens with one attached hydrogen (secondary N) is 1. The zero-order valence-corrected chi connectivity index (χ0v) is 12.1. The van der Waals surface area contributed by atoms with Gasteiger partial charge in [-0.3, -0.25) is 0 Å². The summed E-state index contributed by atoms with van der Waals surface area (Å²) in [6, 6.07) is 17.9. The summed E-state index contributed by atoms with van der Waals surface area (Å²) in [6.07, 6.45) is 2.06. The summed E-state index contributed by atoms with van der Waals surface area (Å²) in [6.45, 7) is 0.734. The maximum atomic E-state index is 8.60. The van der Waals surface area contributed by atoms with Crippen molar-refractivity contribution in [3.63, 3.8) is 0 Å². The number of rotatable bonds is 6. The van der Waals surface area contributed by atoms with Crippen LogP contribution < -0.4 is 10.1 Å². The van der Waals surface area contributed by atoms with Crippen LogP contribution in [0.4, 0.5) is 5.69 Å². The molecule has 0 aliphatic rings. The number of anilines is 1. The minimum absolute atomic E-state index is 0.0679. The van der Waals surface area contributed by atoms with Crippen molar-refractivity contribution in [3.05, 3.63) is 54.1 Å². The fourth-order valence-corrected chi connectivity index (χ4v) is 2.46. The van der Waals surface area contributed by atoms with E-state index in [0.717, 1.165) is 17.0 Å². The van der Waals surface area contributed by atoms with Crippen molar-refractivity contribution in [2.45, 2.75) is 11.4 Å². The van der Waals surface area contributed by atoms with Gasteiger partial charge in [-0.05, 0) is 24.5 Å². The van der Waals surface area contributed by atoms with Gasteiger partial charge in [0.25, 0.3) is 0 Å². The van der Waals surface area contributed by atoms with Crippen molar-refractivity contribution >= 4 is 17.4 Å². The van der Waals surface area contributed by atoms with Gasteiger partial charge in [-0.2, -0.15) is 5.26 Å². The molecule has 0 radical (unpaired) electrons. The van der Waals surface area contributed by atoms with Crippen LogP contribution >= 0.6 is 11.8 Å². The Morgan fingerprint density at radius 2 is 1.90 bits per heavy atom. The Labute approximate surface area is 123 Å². The van der Waals surface area contributed by atoms with Crippen LogP contribution in [0.5, 0.6) is 5.75 Å². The number of thioether (sulfide) groups is 1. The van der Waals surface area contributed by atoms with Gasteiger partial charge in [0.2, 0.25) is 0 Å². The molecule has 0 fully saturated rings. The third kappa shape index (κ3) is 3.69. The van der Waals surface area contributed by atoms with E-state index >= 15 is 0 Å². The topological polar surface area (TPSA) is 45.0 Å². The number of para-hydroxylation sites is 2. The first-order chi connectivity index (χ1) is 9.85. The maximum Gasteiger partial charge on any atom is 0.174 e. The lowest BCUT2D eigenvalue weighted by molar-refractivity contribution is 0.364. The number of hydrogen-bond acceptors (Lipinski definition) is 4. The van der Waals surface area contributed by atoms with E-state index in [1.165, 1.54) is 4.90 Å². The van der Waals surface area contributed by atoms with Gasteiger partial charge < -0.3 is 10.1 Å². The third-order valence-electron chi connectivity index (χ3n) is 2.84. The van der Waals surface area contributed by atoms with E-state index in [1.807, 2.05) is 42.5 Å². The van der Waals surface area contributed by atoms with Gasteiger partial charge in [0.1, 0.15) is 11.8 Å². The van der Waals surface area contributed by atoms with Crippen LogP contribution in [0.3, 0.4) is 0 Å². The molecule has 0 saturated carbocycles. The zero-order valence-electron chi connectivity index (χ0n) is 11.3. The van der Waals surface area contributed by atoms with E-state index in [-0.39, 0.29) is 6.61 Å². The van der Waals surface area contributed by atoms with Crippen LogP contribution in [0.15, 0.2) is 53.4 Å². The molecule has 1 N–H and O–H groups in total. The predicted molar refractivity (Wildman–Crippen MR) is 83.1 cm³/mol. The quantitative estimate of drug-likeness (QED) is 0.817. The minimum Gasteiger partial charge on any atom is -0.478 e. The number of ether oxygens (including phenoxy) is 1. The van der Waals surface area contributed by atoms with E-state index in [0.29, 0.717) is 6.54 Å². The standard InChI is InChI=1S/C16H16N2OS/c1-20-16-9-5-3-7-14(16)18-12-13-6-2-4-8-15(13)19-11-10-17/h2-9,18H,11-12H2,1H3. The number of nitriles is 1. The van der Waals surface area contributed by atoms with Gasteiger partial charge in [-0.1, -0.05) is 30.3 Å². The van der Waals surface area contributed by atoms with E-state index < -0.39 is 0 Å². The molecule has 0 aromatic heterocycles. The van der Waals surface area contributed by atoms with Crippen molar-refractivity contribution in [1.82, 2.24) is 0 Å². The van der Waals surface area contributed by atoms with Crippen molar-refractivity contribution in [3.8, 4) is 11.8 Å². The summed E-state index contributed by atoms with van der Waals surface area (Å²) in [5.74, 6) is 0.753. The highest BCUT2D eigenvalue weighted by atomic mass is 32.2. The molecule has 0 atom stereocenters. The Morgan fingerprint density at radius 3 is 2.70 bits per heavy atom. The molecule has 2 aromatic rings. The minimum atomic E-state index is 0.0679. The van der Waals surface area contributed by atoms with Crippen molar-refractivity contribution < 1.29 is 4.74 Å². The van der Waals surface area contributed by atoms with Gasteiger partial charge in [-0.15, -0.1) is 11.8 Å². The number of nitrogens with zero attached hydrogens (tertiary/aromatic N) is 1. The lowest BCUT2D eigenvalue weighted by atomic mass is 10.2. The van der Waals surface area contributed by atoms with Crippen LogP contribution in [0.25, 0.3) is 0 Å². The van der Waals surface area contributed by atoms with Gasteiger partial charge in [0.15, 0.2) is 6.61 Å². The Morgan fingerprint density at radius 1 is 1.15 bits per heavy atom. The lowest BCUT2D eigenvalue weighted by Crippen LogP contribution is -2.04. The highest BCUT2D eigenvalue weighted by Gasteiger charge is 2.04. The lowest BCUT2D eigenvalue weighted by Gasteiger charge is -2.13. The summed E-state index contributed by atoms with van der Waals surface area (Å²) < 4.78 is 5.42. The molecule has 102 valence electrons. The van der Waals surface area contributed by atoms with Crippen LogP contribution in [-0.4, -0.2) is 12.9 Å². The molecular formula is C16H16N2OS. The molecule has 0 heterocycles. The average Bonchev–Trinajstić information content (AvgIpc) is 2.52. The molecule has 0 spiro atoms. The fourth-order valence-electron chi connectivity index (χ4n) is 1.88. The summed E-state index contributed by atoms with van der Waals surface area (Å²) in [4.78, 5) is 1.21. The molecule has 0 amide bonds. The Hall–Kier alpha value is -2.12. The molecule has 0 bridgehead atoms. The van der Waals surface area contributed by atoms with E-state index in [2.05, 4.69) is 23.7 Å². The first-order valence-corrected chi connectivity index (χ1v) is 7.52. The van der Waals surface area contributed by atoms with Crippen LogP contribution in [0, 0.1) is 11.3 Å². The zero-order chi connectivity index (χ0) is 14.2. The first-order valence-electron chi connectivity index (χ1n) is 6.29. The summed E-state index contributed by atoms with van der Waals surface area (Å²) in [5, 5.41) is 12.0. The number of benzene rings is 2. The van der Waals surface area contributed by atoms with Gasteiger partial charge in [0.05, 0.1) is 0 Å². The average molecular weight is 284 g/mol. The molecule has 2 aromatic carbocycles. The maximum absolute atomic E-state index is 8.60. The van der Waals surface area contributed by atoms with Crippen molar-refractivity contribution in [2.24, 2.45) is 0 Å². The first kappa shape index (κ1) is 14.3. The highest BCUT2D eigenvalue weighted by molar-refractivity contribution is 7.98. The molecule has 0 aliphatic carbocycles. The highest BCUT2D eigenvalue weighted by Crippen LogP contribution is 2.26. The third-order valence-corrected chi connectivity index (χ3v) is 3.64. The van der Waals surface area contributed by atoms with Gasteiger partial charge in [-0.25, -0.2) is 0 Å². The summed E-state index contributed by atoms with van der Waals surface area (Å²) >= 11 is 1.71. The monoisotopic (exact) mass is 284 g/mol. The largest absolute Gasteiger partial charge is 0.478 e. The second kappa shape index (κ2) is 7.46. The second-order valence-corrected chi connectivity index (χ2v) is 4.96. The molecule has 0 saturated heterocycles. The smallest absolute Gasteiger partial charge is 0.174 e. The molecule has 0 unspecified atom stereocenters. The van der Waals surface area contributed by atoms with E-state index in [9.17, 15) is 0 Å². The van der Waals surface area contributed by atoms with Crippen molar-refractivity contribution in [2.75, 3.05) is 18.2 Å². The van der Waals surface area contributed by atoms with Gasteiger partial charge in [0, 0.05) is 22.7 Å². The van der Waals surface area contributed by atoms with E-state index in [4.69, 9.17) is 10.00 Å². The summed E-state index contributed by atoms with van der Waals surface area (Å²) in [5.41, 5.74) is 2.15. The second-order valence-electron chi connectivity index (χ2n) is 4.11. The predicted octanol–water partition coefficient (Wildman–Crippen LogP) is 3.92. The van der Waals surface area contributed by atoms with Crippen LogP contribution in [0.2, 0.25) is 0 Å². The molecule has 2 rings (SSSR count). The Kier molecular flexibility index (Phi) is 5.33. The normalized spacial score (nSPS) is 9.80.